The molecule has 16 heavy (non-hydrogen) atoms. The topological polar surface area (TPSA) is 50.4 Å². The molecule has 3 nitrogen and oxygen atoms in total. The predicted octanol–water partition coefficient (Wildman–Crippen LogP) is 3.01. The Bertz CT molecular complexity index is 511. The molecule has 84 valence electrons. The van der Waals surface area contributed by atoms with Crippen LogP contribution in [-0.2, 0) is 17.6 Å². The lowest BCUT2D eigenvalue weighted by Gasteiger charge is -1.95. The van der Waals surface area contributed by atoms with E-state index in [1.807, 2.05) is 18.2 Å². The predicted molar refractivity (Wildman–Crippen MR) is 61.5 cm³/mol. The van der Waals surface area contributed by atoms with Gasteiger partial charge in [-0.2, -0.15) is 0 Å². The molecule has 0 radical (unpaired) electrons. The van der Waals surface area contributed by atoms with Gasteiger partial charge in [-0.25, -0.2) is 0 Å². The van der Waals surface area contributed by atoms with Crippen LogP contribution in [0.4, 0.5) is 0 Å². The Hall–Kier alpha value is -1.77. The van der Waals surface area contributed by atoms with Gasteiger partial charge in [0.25, 0.3) is 0 Å². The fourth-order valence-corrected chi connectivity index (χ4v) is 1.80. The molecule has 1 aromatic heterocycles. The molecule has 0 fully saturated rings. The second-order valence-corrected chi connectivity index (χ2v) is 3.91. The number of hydrogen-bond acceptors (Lipinski definition) is 2. The quantitative estimate of drug-likeness (QED) is 0.858. The number of carboxylic acids is 1. The van der Waals surface area contributed by atoms with Gasteiger partial charge in [0, 0.05) is 11.8 Å². The summed E-state index contributed by atoms with van der Waals surface area (Å²) < 4.78 is 5.62. The number of benzene rings is 1. The van der Waals surface area contributed by atoms with Crippen molar-refractivity contribution in [1.29, 1.82) is 0 Å². The average Bonchev–Trinajstić information content (AvgIpc) is 2.59. The summed E-state index contributed by atoms with van der Waals surface area (Å²) >= 11 is 0. The monoisotopic (exact) mass is 218 g/mol. The first-order valence-electron chi connectivity index (χ1n) is 5.42. The van der Waals surface area contributed by atoms with Gasteiger partial charge in [-0.15, -0.1) is 0 Å². The highest BCUT2D eigenvalue weighted by Gasteiger charge is 2.06. The molecule has 1 aromatic carbocycles. The lowest BCUT2D eigenvalue weighted by molar-refractivity contribution is -0.136. The third kappa shape index (κ3) is 2.24. The van der Waals surface area contributed by atoms with Crippen molar-refractivity contribution in [3.05, 3.63) is 35.6 Å². The van der Waals surface area contributed by atoms with Gasteiger partial charge in [0.2, 0.25) is 0 Å². The molecule has 1 N–H and O–H groups in total. The highest BCUT2D eigenvalue weighted by Crippen LogP contribution is 2.21. The van der Waals surface area contributed by atoms with Gasteiger partial charge in [0.15, 0.2) is 0 Å². The van der Waals surface area contributed by atoms with Crippen LogP contribution in [0.2, 0.25) is 0 Å². The summed E-state index contributed by atoms with van der Waals surface area (Å²) in [5.41, 5.74) is 1.64. The zero-order valence-electron chi connectivity index (χ0n) is 9.19. The van der Waals surface area contributed by atoms with Crippen LogP contribution in [0.1, 0.15) is 24.7 Å². The minimum absolute atomic E-state index is 0.0598. The second kappa shape index (κ2) is 4.39. The van der Waals surface area contributed by atoms with E-state index >= 15 is 0 Å². The zero-order chi connectivity index (χ0) is 11.5. The van der Waals surface area contributed by atoms with E-state index in [2.05, 4.69) is 6.92 Å². The van der Waals surface area contributed by atoms with Gasteiger partial charge in [0.05, 0.1) is 6.42 Å². The molecule has 0 amide bonds. The van der Waals surface area contributed by atoms with E-state index in [9.17, 15) is 4.79 Å². The molecule has 0 atom stereocenters. The third-order valence-corrected chi connectivity index (χ3v) is 2.48. The van der Waals surface area contributed by atoms with Crippen molar-refractivity contribution >= 4 is 16.9 Å². The van der Waals surface area contributed by atoms with Crippen molar-refractivity contribution in [1.82, 2.24) is 0 Å². The molecular formula is C13H14O3. The van der Waals surface area contributed by atoms with Crippen LogP contribution in [0.25, 0.3) is 11.0 Å². The Morgan fingerprint density at radius 3 is 2.88 bits per heavy atom. The number of rotatable bonds is 4. The number of fused-ring (bicyclic) bond motifs is 1. The Balaban J connectivity index is 2.33. The maximum Gasteiger partial charge on any atom is 0.307 e. The molecule has 0 bridgehead atoms. The van der Waals surface area contributed by atoms with Gasteiger partial charge in [0.1, 0.15) is 11.3 Å². The Kier molecular flexibility index (Phi) is 2.95. The molecule has 0 aliphatic rings. The average molecular weight is 218 g/mol. The van der Waals surface area contributed by atoms with Crippen molar-refractivity contribution in [2.45, 2.75) is 26.2 Å². The normalized spacial score (nSPS) is 10.8. The maximum absolute atomic E-state index is 10.6. The lowest BCUT2D eigenvalue weighted by atomic mass is 10.1. The lowest BCUT2D eigenvalue weighted by Crippen LogP contribution is -1.99. The number of carboxylic acid groups (broad SMARTS) is 1. The summed E-state index contributed by atoms with van der Waals surface area (Å²) in [7, 11) is 0. The largest absolute Gasteiger partial charge is 0.481 e. The van der Waals surface area contributed by atoms with Crippen LogP contribution in [0.3, 0.4) is 0 Å². The van der Waals surface area contributed by atoms with Crippen LogP contribution in [0.15, 0.2) is 28.7 Å². The number of aliphatic carboxylic acids is 1. The van der Waals surface area contributed by atoms with Gasteiger partial charge < -0.3 is 9.52 Å². The molecule has 0 aliphatic heterocycles. The first-order valence-corrected chi connectivity index (χ1v) is 5.42. The van der Waals surface area contributed by atoms with Crippen molar-refractivity contribution in [2.24, 2.45) is 0 Å². The molecule has 0 saturated heterocycles. The fourth-order valence-electron chi connectivity index (χ4n) is 1.80. The van der Waals surface area contributed by atoms with E-state index in [1.165, 1.54) is 0 Å². The van der Waals surface area contributed by atoms with Crippen LogP contribution >= 0.6 is 0 Å². The number of aryl methyl sites for hydroxylation is 1. The molecule has 0 saturated carbocycles. The van der Waals surface area contributed by atoms with E-state index in [0.717, 1.165) is 35.1 Å². The van der Waals surface area contributed by atoms with Crippen molar-refractivity contribution < 1.29 is 14.3 Å². The molecule has 3 heteroatoms. The van der Waals surface area contributed by atoms with Gasteiger partial charge >= 0.3 is 5.97 Å². The minimum Gasteiger partial charge on any atom is -0.481 e. The molecule has 0 spiro atoms. The van der Waals surface area contributed by atoms with Crippen molar-refractivity contribution in [2.75, 3.05) is 0 Å². The Labute approximate surface area is 93.7 Å². The Morgan fingerprint density at radius 1 is 1.38 bits per heavy atom. The summed E-state index contributed by atoms with van der Waals surface area (Å²) in [5, 5.41) is 9.69. The SMILES string of the molecule is CCCc1cc2cc(CC(=O)O)ccc2o1. The van der Waals surface area contributed by atoms with E-state index in [0.29, 0.717) is 0 Å². The van der Waals surface area contributed by atoms with E-state index in [4.69, 9.17) is 9.52 Å². The van der Waals surface area contributed by atoms with Crippen LogP contribution in [0.5, 0.6) is 0 Å². The standard InChI is InChI=1S/C13H14O3/c1-2-3-11-8-10-6-9(7-13(14)15)4-5-12(10)16-11/h4-6,8H,2-3,7H2,1H3,(H,14,15). The second-order valence-electron chi connectivity index (χ2n) is 3.91. The summed E-state index contributed by atoms with van der Waals surface area (Å²) in [6.07, 6.45) is 2.02. The van der Waals surface area contributed by atoms with E-state index in [1.54, 1.807) is 6.07 Å². The van der Waals surface area contributed by atoms with Gasteiger partial charge in [-0.1, -0.05) is 13.0 Å². The van der Waals surface area contributed by atoms with Gasteiger partial charge in [-0.05, 0) is 30.2 Å². The smallest absolute Gasteiger partial charge is 0.307 e. The number of hydrogen-bond donors (Lipinski definition) is 1. The molecule has 0 unspecified atom stereocenters. The van der Waals surface area contributed by atoms with E-state index < -0.39 is 5.97 Å². The Morgan fingerprint density at radius 2 is 2.19 bits per heavy atom. The van der Waals surface area contributed by atoms with Crippen molar-refractivity contribution in [3.63, 3.8) is 0 Å². The zero-order valence-corrected chi connectivity index (χ0v) is 9.19. The molecular weight excluding hydrogens is 204 g/mol. The molecule has 2 rings (SSSR count). The highest BCUT2D eigenvalue weighted by atomic mass is 16.4. The van der Waals surface area contributed by atoms with E-state index in [-0.39, 0.29) is 6.42 Å². The summed E-state index contributed by atoms with van der Waals surface area (Å²) in [4.78, 5) is 10.6. The fraction of sp³-hybridized carbons (Fsp3) is 0.308. The summed E-state index contributed by atoms with van der Waals surface area (Å²) in [6.45, 7) is 2.10. The maximum atomic E-state index is 10.6. The van der Waals surface area contributed by atoms with Crippen molar-refractivity contribution in [3.8, 4) is 0 Å². The minimum atomic E-state index is -0.809. The van der Waals surface area contributed by atoms with Crippen LogP contribution < -0.4 is 0 Å². The summed E-state index contributed by atoms with van der Waals surface area (Å²) in [5.74, 6) is 0.154. The number of furan rings is 1. The summed E-state index contributed by atoms with van der Waals surface area (Å²) in [6, 6.07) is 7.51. The van der Waals surface area contributed by atoms with Crippen LogP contribution in [-0.4, -0.2) is 11.1 Å². The first kappa shape index (κ1) is 10.7. The number of carbonyl (C=O) groups is 1. The highest BCUT2D eigenvalue weighted by molar-refractivity contribution is 5.80. The molecule has 0 aliphatic carbocycles. The molecule has 2 aromatic rings. The van der Waals surface area contributed by atoms with Crippen LogP contribution in [0, 0.1) is 0 Å². The first-order chi connectivity index (χ1) is 7.69. The van der Waals surface area contributed by atoms with Gasteiger partial charge in [-0.3, -0.25) is 4.79 Å². The third-order valence-electron chi connectivity index (χ3n) is 2.48. The molecule has 1 heterocycles.